The summed E-state index contributed by atoms with van der Waals surface area (Å²) in [5, 5.41) is 3.30. The molecule has 0 aliphatic carbocycles. The maximum absolute atomic E-state index is 12.2. The number of hydrogen-bond acceptors (Lipinski definition) is 2. The summed E-state index contributed by atoms with van der Waals surface area (Å²) in [6.45, 7) is 4.73. The number of amides is 1. The van der Waals surface area contributed by atoms with Crippen LogP contribution in [-0.4, -0.2) is 36.5 Å². The Morgan fingerprint density at radius 2 is 2.41 bits per heavy atom. The minimum Gasteiger partial charge on any atom is -0.337 e. The van der Waals surface area contributed by atoms with E-state index in [9.17, 15) is 4.79 Å². The van der Waals surface area contributed by atoms with Crippen LogP contribution in [0.2, 0.25) is 0 Å². The number of nitrogens with one attached hydrogen (secondary N) is 1. The third-order valence-electron chi connectivity index (χ3n) is 3.07. The van der Waals surface area contributed by atoms with Crippen molar-refractivity contribution in [1.82, 2.24) is 10.2 Å². The molecule has 1 saturated heterocycles. The highest BCUT2D eigenvalue weighted by atomic mass is 127. The molecule has 0 spiro atoms. The quantitative estimate of drug-likeness (QED) is 0.828. The highest BCUT2D eigenvalue weighted by Gasteiger charge is 2.22. The van der Waals surface area contributed by atoms with E-state index in [4.69, 9.17) is 0 Å². The molecule has 1 aliphatic heterocycles. The van der Waals surface area contributed by atoms with E-state index in [-0.39, 0.29) is 5.91 Å². The Morgan fingerprint density at radius 3 is 3.12 bits per heavy atom. The summed E-state index contributed by atoms with van der Waals surface area (Å²) in [5.41, 5.74) is 1.10. The average molecular weight is 344 g/mol. The summed E-state index contributed by atoms with van der Waals surface area (Å²) < 4.78 is 1.18. The second-order valence-electron chi connectivity index (χ2n) is 4.45. The lowest BCUT2D eigenvalue weighted by Crippen LogP contribution is -2.52. The van der Waals surface area contributed by atoms with Gasteiger partial charge in [-0.05, 0) is 47.2 Å². The Hall–Kier alpha value is -0.620. The van der Waals surface area contributed by atoms with E-state index < -0.39 is 0 Å². The van der Waals surface area contributed by atoms with Crippen LogP contribution in [0.15, 0.2) is 24.3 Å². The summed E-state index contributed by atoms with van der Waals surface area (Å²) in [4.78, 5) is 14.2. The van der Waals surface area contributed by atoms with Gasteiger partial charge in [0.15, 0.2) is 0 Å². The zero-order chi connectivity index (χ0) is 12.3. The number of carbonyl (C=O) groups excluding carboxylic acids is 1. The summed E-state index contributed by atoms with van der Waals surface area (Å²) in [5.74, 6) is 0.237. The fourth-order valence-corrected chi connectivity index (χ4v) is 2.74. The van der Waals surface area contributed by atoms with Gasteiger partial charge in [-0.15, -0.1) is 0 Å². The Balaban J connectivity index is 2.01. The first kappa shape index (κ1) is 12.8. The summed E-state index contributed by atoms with van der Waals surface area (Å²) in [7, 11) is 0. The maximum atomic E-state index is 12.2. The van der Waals surface area contributed by atoms with E-state index in [0.717, 1.165) is 25.2 Å². The first-order valence-electron chi connectivity index (χ1n) is 5.91. The second-order valence-corrected chi connectivity index (χ2v) is 5.69. The molecule has 1 amide bonds. The van der Waals surface area contributed by atoms with Gasteiger partial charge in [0, 0.05) is 29.2 Å². The number of carbonyl (C=O) groups is 1. The molecule has 0 aromatic heterocycles. The summed E-state index contributed by atoms with van der Waals surface area (Å²) >= 11 is 2.28. The molecule has 1 atom stereocenters. The van der Waals surface area contributed by atoms with E-state index in [1.165, 1.54) is 3.57 Å². The van der Waals surface area contributed by atoms with Crippen LogP contribution in [0, 0.1) is 3.57 Å². The Labute approximate surface area is 116 Å². The van der Waals surface area contributed by atoms with Crippen LogP contribution >= 0.6 is 22.6 Å². The molecule has 4 heteroatoms. The van der Waals surface area contributed by atoms with Crippen LogP contribution in [0.3, 0.4) is 0 Å². The van der Waals surface area contributed by atoms with Gasteiger partial charge in [-0.2, -0.15) is 0 Å². The molecule has 1 unspecified atom stereocenters. The summed E-state index contributed by atoms with van der Waals surface area (Å²) in [6.07, 6.45) is 0.515. The number of halogens is 1. The molecule has 1 N–H and O–H groups in total. The zero-order valence-corrected chi connectivity index (χ0v) is 12.1. The van der Waals surface area contributed by atoms with Crippen molar-refractivity contribution >= 4 is 28.5 Å². The number of hydrogen-bond donors (Lipinski definition) is 1. The molecule has 1 aliphatic rings. The van der Waals surface area contributed by atoms with Gasteiger partial charge in [0.05, 0.1) is 6.42 Å². The van der Waals surface area contributed by atoms with Crippen LogP contribution in [0.5, 0.6) is 0 Å². The Kier molecular flexibility index (Phi) is 4.39. The standard InChI is InChI=1S/C13H17IN2O/c1-10-9-15-5-6-16(10)13(17)8-11-3-2-4-12(14)7-11/h2-4,7,10,15H,5-6,8-9H2,1H3. The SMILES string of the molecule is CC1CNCCN1C(=O)Cc1cccc(I)c1. The number of nitrogens with zero attached hydrogens (tertiary/aromatic N) is 1. The number of rotatable bonds is 2. The highest BCUT2D eigenvalue weighted by Crippen LogP contribution is 2.11. The number of piperazine rings is 1. The first-order chi connectivity index (χ1) is 8.16. The third kappa shape index (κ3) is 3.42. The van der Waals surface area contributed by atoms with Crippen molar-refractivity contribution in [3.63, 3.8) is 0 Å². The normalized spacial score (nSPS) is 20.4. The molecule has 3 nitrogen and oxygen atoms in total. The van der Waals surface area contributed by atoms with E-state index in [0.29, 0.717) is 12.5 Å². The summed E-state index contributed by atoms with van der Waals surface area (Å²) in [6, 6.07) is 8.45. The third-order valence-corrected chi connectivity index (χ3v) is 3.74. The Morgan fingerprint density at radius 1 is 1.59 bits per heavy atom. The lowest BCUT2D eigenvalue weighted by Gasteiger charge is -2.34. The molecule has 1 aromatic rings. The molecule has 1 aromatic carbocycles. The van der Waals surface area contributed by atoms with E-state index in [1.807, 2.05) is 23.1 Å². The van der Waals surface area contributed by atoms with Crippen LogP contribution in [0.25, 0.3) is 0 Å². The Bertz CT molecular complexity index is 408. The lowest BCUT2D eigenvalue weighted by molar-refractivity contribution is -0.133. The van der Waals surface area contributed by atoms with E-state index in [2.05, 4.69) is 40.9 Å². The first-order valence-corrected chi connectivity index (χ1v) is 6.99. The van der Waals surface area contributed by atoms with Crippen molar-refractivity contribution in [2.75, 3.05) is 19.6 Å². The molecule has 0 bridgehead atoms. The minimum atomic E-state index is 0.237. The average Bonchev–Trinajstić information content (AvgIpc) is 2.29. The molecule has 92 valence electrons. The van der Waals surface area contributed by atoms with E-state index in [1.54, 1.807) is 0 Å². The zero-order valence-electron chi connectivity index (χ0n) is 9.95. The minimum absolute atomic E-state index is 0.237. The predicted octanol–water partition coefficient (Wildman–Crippen LogP) is 1.65. The van der Waals surface area contributed by atoms with Crippen molar-refractivity contribution < 1.29 is 4.79 Å². The van der Waals surface area contributed by atoms with Crippen molar-refractivity contribution in [2.24, 2.45) is 0 Å². The van der Waals surface area contributed by atoms with Crippen molar-refractivity contribution in [3.8, 4) is 0 Å². The topological polar surface area (TPSA) is 32.3 Å². The number of benzene rings is 1. The fourth-order valence-electron chi connectivity index (χ4n) is 2.13. The van der Waals surface area contributed by atoms with Gasteiger partial charge in [0.1, 0.15) is 0 Å². The van der Waals surface area contributed by atoms with Gasteiger partial charge in [0.25, 0.3) is 0 Å². The molecular weight excluding hydrogens is 327 g/mol. The van der Waals surface area contributed by atoms with Gasteiger partial charge in [-0.1, -0.05) is 12.1 Å². The van der Waals surface area contributed by atoms with Crippen LogP contribution in [0.4, 0.5) is 0 Å². The monoisotopic (exact) mass is 344 g/mol. The molecular formula is C13H17IN2O. The molecule has 2 rings (SSSR count). The van der Waals surface area contributed by atoms with Crippen LogP contribution < -0.4 is 5.32 Å². The predicted molar refractivity (Wildman–Crippen MR) is 76.9 cm³/mol. The second kappa shape index (κ2) is 5.82. The fraction of sp³-hybridized carbons (Fsp3) is 0.462. The molecule has 17 heavy (non-hydrogen) atoms. The largest absolute Gasteiger partial charge is 0.337 e. The van der Waals surface area contributed by atoms with E-state index >= 15 is 0 Å². The van der Waals surface area contributed by atoms with Crippen LogP contribution in [-0.2, 0) is 11.2 Å². The van der Waals surface area contributed by atoms with Gasteiger partial charge >= 0.3 is 0 Å². The van der Waals surface area contributed by atoms with Crippen molar-refractivity contribution in [1.29, 1.82) is 0 Å². The van der Waals surface area contributed by atoms with Gasteiger partial charge < -0.3 is 10.2 Å². The van der Waals surface area contributed by atoms with Crippen molar-refractivity contribution in [3.05, 3.63) is 33.4 Å². The smallest absolute Gasteiger partial charge is 0.227 e. The highest BCUT2D eigenvalue weighted by molar-refractivity contribution is 14.1. The molecule has 0 radical (unpaired) electrons. The molecule has 0 saturated carbocycles. The lowest BCUT2D eigenvalue weighted by atomic mass is 10.1. The van der Waals surface area contributed by atoms with Crippen LogP contribution in [0.1, 0.15) is 12.5 Å². The molecule has 1 heterocycles. The van der Waals surface area contributed by atoms with Gasteiger partial charge in [0.2, 0.25) is 5.91 Å². The van der Waals surface area contributed by atoms with Gasteiger partial charge in [-0.25, -0.2) is 0 Å². The maximum Gasteiger partial charge on any atom is 0.227 e. The van der Waals surface area contributed by atoms with Gasteiger partial charge in [-0.3, -0.25) is 4.79 Å². The molecule has 1 fully saturated rings. The van der Waals surface area contributed by atoms with Crippen molar-refractivity contribution in [2.45, 2.75) is 19.4 Å².